The first-order chi connectivity index (χ1) is 12.8. The summed E-state index contributed by atoms with van der Waals surface area (Å²) in [4.78, 5) is 18.6. The lowest BCUT2D eigenvalue weighted by atomic mass is 10.0. The number of carbonyl (C=O) groups excluding carboxylic acids is 1. The number of aryl methyl sites for hydroxylation is 1. The summed E-state index contributed by atoms with van der Waals surface area (Å²) in [7, 11) is 0. The van der Waals surface area contributed by atoms with Gasteiger partial charge in [-0.1, -0.05) is 17.7 Å². The van der Waals surface area contributed by atoms with Crippen LogP contribution in [0.1, 0.15) is 30.4 Å². The number of piperidine rings is 1. The van der Waals surface area contributed by atoms with E-state index < -0.39 is 11.7 Å². The fourth-order valence-corrected chi connectivity index (χ4v) is 4.01. The number of aromatic nitrogens is 1. The SMILES string of the molecule is O=C(CCc1ccc(Cl)c(C(F)(F)F)c1)NC1CCN(c2nccs2)CC1. The Morgan fingerprint density at radius 1 is 1.33 bits per heavy atom. The number of rotatable bonds is 5. The van der Waals surface area contributed by atoms with Crippen molar-refractivity contribution in [1.29, 1.82) is 0 Å². The number of thiazole rings is 1. The van der Waals surface area contributed by atoms with Gasteiger partial charge in [-0.2, -0.15) is 13.2 Å². The molecule has 0 atom stereocenters. The molecule has 0 radical (unpaired) electrons. The number of nitrogens with zero attached hydrogens (tertiary/aromatic N) is 2. The van der Waals surface area contributed by atoms with Crippen LogP contribution >= 0.6 is 22.9 Å². The summed E-state index contributed by atoms with van der Waals surface area (Å²) in [5.41, 5.74) is -0.419. The zero-order valence-electron chi connectivity index (χ0n) is 14.4. The standard InChI is InChI=1S/C18H19ClF3N3OS/c19-15-3-1-12(11-14(15)18(20,21)22)2-4-16(26)24-13-5-8-25(9-6-13)17-23-7-10-27-17/h1,3,7,10-11,13H,2,4-6,8-9H2,(H,24,26). The van der Waals surface area contributed by atoms with Crippen LogP contribution in [0.4, 0.5) is 18.3 Å². The molecule has 0 spiro atoms. The van der Waals surface area contributed by atoms with Crippen LogP contribution in [0.2, 0.25) is 5.02 Å². The van der Waals surface area contributed by atoms with Gasteiger partial charge < -0.3 is 10.2 Å². The fraction of sp³-hybridized carbons (Fsp3) is 0.444. The van der Waals surface area contributed by atoms with E-state index in [9.17, 15) is 18.0 Å². The van der Waals surface area contributed by atoms with E-state index in [1.807, 2.05) is 5.38 Å². The number of hydrogen-bond donors (Lipinski definition) is 1. The number of alkyl halides is 3. The van der Waals surface area contributed by atoms with Crippen LogP contribution in [-0.4, -0.2) is 30.0 Å². The Kier molecular flexibility index (Phi) is 6.26. The zero-order valence-corrected chi connectivity index (χ0v) is 16.0. The highest BCUT2D eigenvalue weighted by Crippen LogP contribution is 2.35. The molecule has 2 heterocycles. The molecule has 0 unspecified atom stereocenters. The molecule has 1 fully saturated rings. The molecule has 1 aromatic heterocycles. The normalized spacial score (nSPS) is 15.8. The third-order valence-electron chi connectivity index (χ3n) is 4.53. The number of halogens is 4. The number of benzene rings is 1. The molecule has 3 rings (SSSR count). The van der Waals surface area contributed by atoms with Gasteiger partial charge in [0.2, 0.25) is 5.91 Å². The van der Waals surface area contributed by atoms with Crippen molar-refractivity contribution < 1.29 is 18.0 Å². The van der Waals surface area contributed by atoms with E-state index in [1.54, 1.807) is 17.5 Å². The molecule has 9 heteroatoms. The Hall–Kier alpha value is -1.80. The number of nitrogens with one attached hydrogen (secondary N) is 1. The summed E-state index contributed by atoms with van der Waals surface area (Å²) < 4.78 is 38.7. The van der Waals surface area contributed by atoms with Crippen LogP contribution in [0, 0.1) is 0 Å². The highest BCUT2D eigenvalue weighted by molar-refractivity contribution is 7.13. The van der Waals surface area contributed by atoms with Crippen molar-refractivity contribution in [2.75, 3.05) is 18.0 Å². The maximum atomic E-state index is 12.9. The molecule has 0 aliphatic carbocycles. The van der Waals surface area contributed by atoms with Crippen LogP contribution in [-0.2, 0) is 17.4 Å². The van der Waals surface area contributed by atoms with Crippen molar-refractivity contribution in [3.05, 3.63) is 45.9 Å². The molecule has 146 valence electrons. The van der Waals surface area contributed by atoms with E-state index in [0.717, 1.165) is 37.1 Å². The van der Waals surface area contributed by atoms with Crippen molar-refractivity contribution in [3.63, 3.8) is 0 Å². The van der Waals surface area contributed by atoms with Crippen LogP contribution in [0.25, 0.3) is 0 Å². The fourth-order valence-electron chi connectivity index (χ4n) is 3.09. The lowest BCUT2D eigenvalue weighted by molar-refractivity contribution is -0.137. The van der Waals surface area contributed by atoms with Crippen molar-refractivity contribution in [2.24, 2.45) is 0 Å². The van der Waals surface area contributed by atoms with Crippen LogP contribution in [0.15, 0.2) is 29.8 Å². The average Bonchev–Trinajstić information content (AvgIpc) is 3.15. The summed E-state index contributed by atoms with van der Waals surface area (Å²) in [5.74, 6) is -0.147. The van der Waals surface area contributed by atoms with Gasteiger partial charge in [0.15, 0.2) is 5.13 Å². The van der Waals surface area contributed by atoms with Gasteiger partial charge in [-0.3, -0.25) is 4.79 Å². The third kappa shape index (κ3) is 5.35. The molecule has 4 nitrogen and oxygen atoms in total. The van der Waals surface area contributed by atoms with Gasteiger partial charge in [-0.15, -0.1) is 11.3 Å². The first kappa shape index (κ1) is 19.9. The quantitative estimate of drug-likeness (QED) is 0.777. The first-order valence-corrected chi connectivity index (χ1v) is 9.88. The molecule has 1 N–H and O–H groups in total. The van der Waals surface area contributed by atoms with Crippen molar-refractivity contribution >= 4 is 34.0 Å². The molecule has 0 bridgehead atoms. The lowest BCUT2D eigenvalue weighted by Gasteiger charge is -2.32. The topological polar surface area (TPSA) is 45.2 Å². The third-order valence-corrected chi connectivity index (χ3v) is 5.69. The minimum atomic E-state index is -4.50. The molecule has 1 aromatic carbocycles. The molecule has 1 aliphatic rings. The number of hydrogen-bond acceptors (Lipinski definition) is 4. The Morgan fingerprint density at radius 2 is 2.07 bits per heavy atom. The number of amides is 1. The zero-order chi connectivity index (χ0) is 19.4. The van der Waals surface area contributed by atoms with Gasteiger partial charge in [-0.05, 0) is 37.0 Å². The van der Waals surface area contributed by atoms with E-state index in [2.05, 4.69) is 15.2 Å². The predicted octanol–water partition coefficient (Wildman–Crippen LogP) is 4.53. The number of carbonyl (C=O) groups is 1. The Bertz CT molecular complexity index is 775. The van der Waals surface area contributed by atoms with Crippen molar-refractivity contribution in [1.82, 2.24) is 10.3 Å². The second kappa shape index (κ2) is 8.48. The van der Waals surface area contributed by atoms with Gasteiger partial charge in [-0.25, -0.2) is 4.98 Å². The van der Waals surface area contributed by atoms with Gasteiger partial charge in [0.05, 0.1) is 10.6 Å². The monoisotopic (exact) mass is 417 g/mol. The molecule has 1 amide bonds. The average molecular weight is 418 g/mol. The van der Waals surface area contributed by atoms with Gasteiger partial charge in [0.1, 0.15) is 0 Å². The Morgan fingerprint density at radius 3 is 2.70 bits per heavy atom. The van der Waals surface area contributed by atoms with Gasteiger partial charge >= 0.3 is 6.18 Å². The predicted molar refractivity (Wildman–Crippen MR) is 100 cm³/mol. The van der Waals surface area contributed by atoms with Crippen LogP contribution in [0.3, 0.4) is 0 Å². The molecule has 0 saturated carbocycles. The van der Waals surface area contributed by atoms with E-state index in [0.29, 0.717) is 5.56 Å². The number of anilines is 1. The molecule has 1 saturated heterocycles. The summed E-state index contributed by atoms with van der Waals surface area (Å²) in [6.07, 6.45) is -0.694. The molecule has 1 aliphatic heterocycles. The van der Waals surface area contributed by atoms with Crippen molar-refractivity contribution in [2.45, 2.75) is 37.9 Å². The van der Waals surface area contributed by atoms with E-state index in [1.165, 1.54) is 12.1 Å². The maximum absolute atomic E-state index is 12.9. The minimum absolute atomic E-state index is 0.0877. The largest absolute Gasteiger partial charge is 0.417 e. The van der Waals surface area contributed by atoms with Gasteiger partial charge in [0, 0.05) is 37.1 Å². The van der Waals surface area contributed by atoms with Crippen LogP contribution < -0.4 is 10.2 Å². The highest BCUT2D eigenvalue weighted by Gasteiger charge is 2.33. The van der Waals surface area contributed by atoms with E-state index >= 15 is 0 Å². The highest BCUT2D eigenvalue weighted by atomic mass is 35.5. The molecular weight excluding hydrogens is 399 g/mol. The minimum Gasteiger partial charge on any atom is -0.353 e. The van der Waals surface area contributed by atoms with Gasteiger partial charge in [0.25, 0.3) is 0 Å². The first-order valence-electron chi connectivity index (χ1n) is 8.62. The van der Waals surface area contributed by atoms with Crippen molar-refractivity contribution in [3.8, 4) is 0 Å². The van der Waals surface area contributed by atoms with E-state index in [4.69, 9.17) is 11.6 Å². The summed E-state index contributed by atoms with van der Waals surface area (Å²) >= 11 is 7.21. The lowest BCUT2D eigenvalue weighted by Crippen LogP contribution is -2.44. The Balaban J connectivity index is 1.47. The summed E-state index contributed by atoms with van der Waals surface area (Å²) in [6.45, 7) is 1.65. The maximum Gasteiger partial charge on any atom is 0.417 e. The van der Waals surface area contributed by atoms with Crippen LogP contribution in [0.5, 0.6) is 0 Å². The van der Waals surface area contributed by atoms with E-state index in [-0.39, 0.29) is 29.8 Å². The Labute approximate surface area is 164 Å². The smallest absolute Gasteiger partial charge is 0.353 e. The molecular formula is C18H19ClF3N3OS. The second-order valence-corrected chi connectivity index (χ2v) is 7.74. The second-order valence-electron chi connectivity index (χ2n) is 6.46. The summed E-state index contributed by atoms with van der Waals surface area (Å²) in [6, 6.07) is 3.86. The molecule has 2 aromatic rings. The summed E-state index contributed by atoms with van der Waals surface area (Å²) in [5, 5.41) is 5.57. The molecule has 27 heavy (non-hydrogen) atoms.